The van der Waals surface area contributed by atoms with E-state index in [9.17, 15) is 4.79 Å². The van der Waals surface area contributed by atoms with Crippen LogP contribution in [0.1, 0.15) is 37.3 Å². The summed E-state index contributed by atoms with van der Waals surface area (Å²) in [5.74, 6) is -0.327. The maximum Gasteiger partial charge on any atom is 0.313 e. The molecule has 0 spiro atoms. The van der Waals surface area contributed by atoms with Crippen LogP contribution >= 0.6 is 0 Å². The molecule has 0 radical (unpaired) electrons. The van der Waals surface area contributed by atoms with Crippen LogP contribution in [0.25, 0.3) is 0 Å². The highest BCUT2D eigenvalue weighted by Gasteiger charge is 2.29. The Bertz CT molecular complexity index is 400. The van der Waals surface area contributed by atoms with Gasteiger partial charge in [0, 0.05) is 12.5 Å². The van der Waals surface area contributed by atoms with Crippen LogP contribution in [-0.4, -0.2) is 24.3 Å². The van der Waals surface area contributed by atoms with Crippen molar-refractivity contribution in [2.24, 2.45) is 0 Å². The largest absolute Gasteiger partial charge is 0.481 e. The maximum atomic E-state index is 11.1. The van der Waals surface area contributed by atoms with Gasteiger partial charge in [0.1, 0.15) is 0 Å². The molecule has 17 heavy (non-hydrogen) atoms. The molecule has 0 aliphatic carbocycles. The van der Waals surface area contributed by atoms with E-state index in [2.05, 4.69) is 0 Å². The summed E-state index contributed by atoms with van der Waals surface area (Å²) in [6.07, 6.45) is 1.06. The van der Waals surface area contributed by atoms with Crippen LogP contribution in [0.5, 0.6) is 0 Å². The van der Waals surface area contributed by atoms with Crippen LogP contribution in [0.4, 0.5) is 0 Å². The Morgan fingerprint density at radius 2 is 2.00 bits per heavy atom. The second-order valence-corrected chi connectivity index (χ2v) is 5.11. The number of carboxylic acid groups (broad SMARTS) is 1. The summed E-state index contributed by atoms with van der Waals surface area (Å²) >= 11 is 0. The first kappa shape index (κ1) is 12.1. The topological polar surface area (TPSA) is 46.5 Å². The van der Waals surface area contributed by atoms with Gasteiger partial charge in [-0.2, -0.15) is 0 Å². The van der Waals surface area contributed by atoms with Crippen LogP contribution in [0, 0.1) is 0 Å². The highest BCUT2D eigenvalue weighted by Crippen LogP contribution is 2.28. The van der Waals surface area contributed by atoms with Gasteiger partial charge in [0.05, 0.1) is 12.0 Å². The van der Waals surface area contributed by atoms with E-state index in [1.807, 2.05) is 24.3 Å². The third kappa shape index (κ3) is 2.34. The molecular weight excluding hydrogens is 216 g/mol. The molecule has 0 saturated carbocycles. The van der Waals surface area contributed by atoms with Gasteiger partial charge in [-0.25, -0.2) is 0 Å². The number of hydrogen-bond donors (Lipinski definition) is 1. The van der Waals surface area contributed by atoms with Gasteiger partial charge in [0.15, 0.2) is 0 Å². The number of rotatable bonds is 3. The summed E-state index contributed by atoms with van der Waals surface area (Å²) in [5.41, 5.74) is 1.25. The van der Waals surface area contributed by atoms with Gasteiger partial charge in [-0.3, -0.25) is 4.79 Å². The normalized spacial score (nSPS) is 20.5. The van der Waals surface area contributed by atoms with Crippen LogP contribution in [0.3, 0.4) is 0 Å². The van der Waals surface area contributed by atoms with Crippen LogP contribution < -0.4 is 0 Å². The molecule has 0 bridgehead atoms. The molecule has 2 rings (SSSR count). The minimum Gasteiger partial charge on any atom is -0.481 e. The van der Waals surface area contributed by atoms with Crippen molar-refractivity contribution < 1.29 is 14.6 Å². The Kier molecular flexibility index (Phi) is 3.20. The van der Waals surface area contributed by atoms with Gasteiger partial charge in [-0.15, -0.1) is 0 Å². The van der Waals surface area contributed by atoms with Crippen LogP contribution in [-0.2, 0) is 14.9 Å². The Balaban J connectivity index is 2.20. The first-order valence-electron chi connectivity index (χ1n) is 5.93. The molecule has 3 heteroatoms. The number of aliphatic carboxylic acids is 1. The molecule has 1 aromatic rings. The first-order valence-corrected chi connectivity index (χ1v) is 5.93. The zero-order valence-electron chi connectivity index (χ0n) is 10.3. The Morgan fingerprint density at radius 3 is 2.47 bits per heavy atom. The highest BCUT2D eigenvalue weighted by molar-refractivity contribution is 5.80. The van der Waals surface area contributed by atoms with Crippen molar-refractivity contribution in [1.82, 2.24) is 0 Å². The van der Waals surface area contributed by atoms with Crippen molar-refractivity contribution in [3.05, 3.63) is 35.4 Å². The molecule has 92 valence electrons. The van der Waals surface area contributed by atoms with E-state index in [1.165, 1.54) is 5.56 Å². The molecule has 1 aliphatic rings. The molecule has 1 N–H and O–H groups in total. The summed E-state index contributed by atoms with van der Waals surface area (Å²) in [5, 5.41) is 9.16. The van der Waals surface area contributed by atoms with Crippen LogP contribution in [0.2, 0.25) is 0 Å². The van der Waals surface area contributed by atoms with E-state index in [4.69, 9.17) is 9.84 Å². The average molecular weight is 234 g/mol. The van der Waals surface area contributed by atoms with Gasteiger partial charge in [-0.1, -0.05) is 24.3 Å². The Labute approximate surface area is 101 Å². The summed E-state index contributed by atoms with van der Waals surface area (Å²) < 4.78 is 5.35. The van der Waals surface area contributed by atoms with E-state index >= 15 is 0 Å². The summed E-state index contributed by atoms with van der Waals surface area (Å²) in [7, 11) is 0. The molecule has 1 aromatic carbocycles. The summed E-state index contributed by atoms with van der Waals surface area (Å²) in [6.45, 7) is 5.06. The van der Waals surface area contributed by atoms with E-state index < -0.39 is 11.4 Å². The number of hydrogen-bond acceptors (Lipinski definition) is 2. The third-order valence-electron chi connectivity index (χ3n) is 3.57. The first-order chi connectivity index (χ1) is 8.01. The lowest BCUT2D eigenvalue weighted by atomic mass is 9.83. The van der Waals surface area contributed by atoms with Gasteiger partial charge >= 0.3 is 5.97 Å². The van der Waals surface area contributed by atoms with Gasteiger partial charge < -0.3 is 9.84 Å². The molecule has 1 fully saturated rings. The standard InChI is InChI=1S/C14H18O3/c1-14(2,13(15)16)12-5-3-10(4-6-12)11-7-8-17-9-11/h3-6,11H,7-9H2,1-2H3,(H,15,16). The molecular formula is C14H18O3. The second kappa shape index (κ2) is 4.49. The van der Waals surface area contributed by atoms with E-state index in [1.54, 1.807) is 13.8 Å². The molecule has 0 amide bonds. The molecule has 3 nitrogen and oxygen atoms in total. The van der Waals surface area contributed by atoms with Gasteiger partial charge in [-0.05, 0) is 31.4 Å². The van der Waals surface area contributed by atoms with Gasteiger partial charge in [0.2, 0.25) is 0 Å². The van der Waals surface area contributed by atoms with Crippen molar-refractivity contribution in [2.75, 3.05) is 13.2 Å². The van der Waals surface area contributed by atoms with E-state index in [0.717, 1.165) is 25.2 Å². The summed E-state index contributed by atoms with van der Waals surface area (Å²) in [6, 6.07) is 7.89. The third-order valence-corrected chi connectivity index (χ3v) is 3.57. The number of carbonyl (C=O) groups is 1. The van der Waals surface area contributed by atoms with Crippen molar-refractivity contribution in [1.29, 1.82) is 0 Å². The van der Waals surface area contributed by atoms with Crippen molar-refractivity contribution in [2.45, 2.75) is 31.6 Å². The van der Waals surface area contributed by atoms with Crippen molar-refractivity contribution >= 4 is 5.97 Å². The van der Waals surface area contributed by atoms with E-state index in [0.29, 0.717) is 5.92 Å². The molecule has 1 unspecified atom stereocenters. The molecule has 0 aromatic heterocycles. The molecule has 1 atom stereocenters. The van der Waals surface area contributed by atoms with E-state index in [-0.39, 0.29) is 0 Å². The number of carboxylic acids is 1. The zero-order chi connectivity index (χ0) is 12.5. The molecule has 1 aliphatic heterocycles. The maximum absolute atomic E-state index is 11.1. The quantitative estimate of drug-likeness (QED) is 0.874. The van der Waals surface area contributed by atoms with Crippen molar-refractivity contribution in [3.63, 3.8) is 0 Å². The summed E-state index contributed by atoms with van der Waals surface area (Å²) in [4.78, 5) is 11.1. The Morgan fingerprint density at radius 1 is 1.35 bits per heavy atom. The zero-order valence-corrected chi connectivity index (χ0v) is 10.3. The lowest BCUT2D eigenvalue weighted by Gasteiger charge is -2.20. The van der Waals surface area contributed by atoms with Gasteiger partial charge in [0.25, 0.3) is 0 Å². The minimum atomic E-state index is -0.829. The number of benzene rings is 1. The predicted octanol–water partition coefficient (Wildman–Crippen LogP) is 2.55. The smallest absolute Gasteiger partial charge is 0.313 e. The monoisotopic (exact) mass is 234 g/mol. The molecule has 1 saturated heterocycles. The lowest BCUT2D eigenvalue weighted by molar-refractivity contribution is -0.142. The number of ether oxygens (including phenoxy) is 1. The second-order valence-electron chi connectivity index (χ2n) is 5.11. The lowest BCUT2D eigenvalue weighted by Crippen LogP contribution is -2.28. The highest BCUT2D eigenvalue weighted by atomic mass is 16.5. The fourth-order valence-corrected chi connectivity index (χ4v) is 2.09. The minimum absolute atomic E-state index is 0.469. The Hall–Kier alpha value is -1.35. The molecule has 1 heterocycles. The average Bonchev–Trinajstić information content (AvgIpc) is 2.82. The fourth-order valence-electron chi connectivity index (χ4n) is 2.09. The fraction of sp³-hybridized carbons (Fsp3) is 0.500. The van der Waals surface area contributed by atoms with Crippen LogP contribution in [0.15, 0.2) is 24.3 Å². The SMILES string of the molecule is CC(C)(C(=O)O)c1ccc(C2CCOC2)cc1. The predicted molar refractivity (Wildman–Crippen MR) is 65.3 cm³/mol. The van der Waals surface area contributed by atoms with Crippen molar-refractivity contribution in [3.8, 4) is 0 Å².